The minimum Gasteiger partial charge on any atom is -0.503 e. The number of carbonyl (C=O) groups excluding carboxylic acids is 1. The van der Waals surface area contributed by atoms with Crippen molar-refractivity contribution < 1.29 is 24.5 Å². The van der Waals surface area contributed by atoms with Crippen molar-refractivity contribution in [3.05, 3.63) is 35.7 Å². The lowest BCUT2D eigenvalue weighted by molar-refractivity contribution is -0.0952. The molecular weight excluding hydrogens is 492 g/mol. The molecular formula is C25H32N8O5. The van der Waals surface area contributed by atoms with Gasteiger partial charge in [-0.2, -0.15) is 4.99 Å². The zero-order chi connectivity index (χ0) is 27.0. The van der Waals surface area contributed by atoms with Gasteiger partial charge < -0.3 is 30.7 Å². The predicted octanol–water partition coefficient (Wildman–Crippen LogP) is 0.520. The molecule has 2 aliphatic rings. The molecule has 2 aromatic heterocycles. The average Bonchev–Trinajstić information content (AvgIpc) is 3.34. The van der Waals surface area contributed by atoms with Crippen molar-refractivity contribution >= 4 is 28.6 Å². The van der Waals surface area contributed by atoms with E-state index in [9.17, 15) is 15.0 Å². The monoisotopic (exact) mass is 524 g/mol. The molecule has 5 rings (SSSR count). The Labute approximate surface area is 219 Å². The number of fused-ring (bicyclic) bond motifs is 3. The standard InChI is InChI=1S/C25H32N8O5/c1-14-10-32(11-15(2)38-14)12-25(3,36)13-37-18-5-4-17-19(20(18)34)30-24(33-7-6-27-21(17)33)31-22(35)16-8-28-23(26)29-9-16/h4-5,8-9,14-15,27,34,36H,6-7,10-13H2,1-3H3,(H2,26,28,29)/t14-,15+,25?. The molecule has 202 valence electrons. The summed E-state index contributed by atoms with van der Waals surface area (Å²) in [6, 6.07) is 3.42. The lowest BCUT2D eigenvalue weighted by atomic mass is 10.1. The normalized spacial score (nSPS) is 21.6. The Morgan fingerprint density at radius 1 is 1.29 bits per heavy atom. The van der Waals surface area contributed by atoms with Gasteiger partial charge in [-0.25, -0.2) is 15.0 Å². The first-order valence-electron chi connectivity index (χ1n) is 12.5. The van der Waals surface area contributed by atoms with Crippen LogP contribution in [0, 0.1) is 0 Å². The number of aromatic nitrogens is 4. The first-order chi connectivity index (χ1) is 18.1. The number of ether oxygens (including phenoxy) is 2. The second kappa shape index (κ2) is 10.2. The van der Waals surface area contributed by atoms with Crippen LogP contribution in [0.1, 0.15) is 31.1 Å². The summed E-state index contributed by atoms with van der Waals surface area (Å²) in [7, 11) is 0. The molecule has 5 N–H and O–H groups in total. The molecule has 0 bridgehead atoms. The van der Waals surface area contributed by atoms with Crippen molar-refractivity contribution in [3.8, 4) is 11.5 Å². The van der Waals surface area contributed by atoms with Crippen LogP contribution in [0.3, 0.4) is 0 Å². The SMILES string of the molecule is C[C@@H]1CN(CC(C)(O)COc2ccc3c4n(c(=NC(=O)c5cnc(N)nc5)nc3c2O)CCN4)C[C@H](C)O1. The zero-order valence-electron chi connectivity index (χ0n) is 21.6. The maximum atomic E-state index is 12.7. The number of nitrogen functional groups attached to an aromatic ring is 1. The van der Waals surface area contributed by atoms with Crippen LogP contribution in [-0.4, -0.2) is 91.1 Å². The second-order valence-electron chi connectivity index (χ2n) is 10.1. The molecule has 0 saturated carbocycles. The summed E-state index contributed by atoms with van der Waals surface area (Å²) in [6.07, 6.45) is 2.76. The molecule has 1 fully saturated rings. The number of aromatic hydroxyl groups is 1. The van der Waals surface area contributed by atoms with Crippen LogP contribution in [-0.2, 0) is 11.3 Å². The fourth-order valence-electron chi connectivity index (χ4n) is 4.94. The van der Waals surface area contributed by atoms with Gasteiger partial charge in [0, 0.05) is 50.5 Å². The number of nitrogens with one attached hydrogen (secondary N) is 1. The molecule has 1 saturated heterocycles. The topological polar surface area (TPSA) is 173 Å². The van der Waals surface area contributed by atoms with Gasteiger partial charge in [-0.15, -0.1) is 0 Å². The minimum absolute atomic E-state index is 0.0447. The van der Waals surface area contributed by atoms with Crippen LogP contribution < -0.4 is 21.4 Å². The molecule has 0 spiro atoms. The minimum atomic E-state index is -1.17. The third kappa shape index (κ3) is 5.39. The van der Waals surface area contributed by atoms with Crippen molar-refractivity contribution in [1.29, 1.82) is 0 Å². The van der Waals surface area contributed by atoms with Gasteiger partial charge >= 0.3 is 0 Å². The van der Waals surface area contributed by atoms with Gasteiger partial charge in [0.2, 0.25) is 11.6 Å². The highest BCUT2D eigenvalue weighted by Crippen LogP contribution is 2.36. The largest absolute Gasteiger partial charge is 0.503 e. The van der Waals surface area contributed by atoms with Crippen LogP contribution in [0.15, 0.2) is 29.5 Å². The summed E-state index contributed by atoms with van der Waals surface area (Å²) in [5.74, 6) is 0.105. The van der Waals surface area contributed by atoms with Crippen molar-refractivity contribution in [2.75, 3.05) is 43.8 Å². The number of morpholine rings is 1. The van der Waals surface area contributed by atoms with E-state index in [2.05, 4.69) is 30.2 Å². The molecule has 0 radical (unpaired) electrons. The number of aliphatic hydroxyl groups is 1. The number of hydrogen-bond acceptors (Lipinski definition) is 11. The smallest absolute Gasteiger partial charge is 0.283 e. The first kappa shape index (κ1) is 25.8. The summed E-state index contributed by atoms with van der Waals surface area (Å²) < 4.78 is 13.4. The van der Waals surface area contributed by atoms with Crippen molar-refractivity contribution in [2.45, 2.75) is 45.1 Å². The molecule has 13 nitrogen and oxygen atoms in total. The summed E-state index contributed by atoms with van der Waals surface area (Å²) in [6.45, 7) is 8.66. The number of amides is 1. The van der Waals surface area contributed by atoms with E-state index in [4.69, 9.17) is 15.2 Å². The highest BCUT2D eigenvalue weighted by Gasteiger charge is 2.30. The maximum absolute atomic E-state index is 12.7. The summed E-state index contributed by atoms with van der Waals surface area (Å²) in [5.41, 5.74) is 4.83. The molecule has 13 heteroatoms. The van der Waals surface area contributed by atoms with Crippen LogP contribution in [0.2, 0.25) is 0 Å². The average molecular weight is 525 g/mol. The molecule has 1 amide bonds. The number of phenolic OH excluding ortho intramolecular Hbond substituents is 1. The molecule has 1 aromatic carbocycles. The number of β-amino-alcohol motifs (C(OH)–C–C–N with tert-alkyl or cyclic N) is 1. The van der Waals surface area contributed by atoms with Crippen molar-refractivity contribution in [2.24, 2.45) is 4.99 Å². The zero-order valence-corrected chi connectivity index (χ0v) is 21.6. The number of hydrogen-bond donors (Lipinski definition) is 4. The van der Waals surface area contributed by atoms with Gasteiger partial charge in [0.25, 0.3) is 5.91 Å². The molecule has 2 aliphatic heterocycles. The van der Waals surface area contributed by atoms with Gasteiger partial charge in [0.1, 0.15) is 23.5 Å². The van der Waals surface area contributed by atoms with E-state index in [1.165, 1.54) is 12.4 Å². The van der Waals surface area contributed by atoms with Crippen LogP contribution in [0.4, 0.5) is 11.8 Å². The lowest BCUT2D eigenvalue weighted by Gasteiger charge is -2.38. The van der Waals surface area contributed by atoms with Gasteiger partial charge in [0.15, 0.2) is 11.5 Å². The first-order valence-corrected chi connectivity index (χ1v) is 12.5. The van der Waals surface area contributed by atoms with Gasteiger partial charge in [-0.05, 0) is 32.9 Å². The van der Waals surface area contributed by atoms with Crippen molar-refractivity contribution in [3.63, 3.8) is 0 Å². The molecule has 4 heterocycles. The lowest BCUT2D eigenvalue weighted by Crippen LogP contribution is -2.52. The number of anilines is 2. The number of nitrogens with two attached hydrogens (primary N) is 1. The molecule has 1 unspecified atom stereocenters. The van der Waals surface area contributed by atoms with Gasteiger partial charge in [-0.1, -0.05) is 0 Å². The molecule has 3 aromatic rings. The fourth-order valence-corrected chi connectivity index (χ4v) is 4.94. The molecule has 38 heavy (non-hydrogen) atoms. The maximum Gasteiger partial charge on any atom is 0.283 e. The Morgan fingerprint density at radius 2 is 2.00 bits per heavy atom. The summed E-state index contributed by atoms with van der Waals surface area (Å²) >= 11 is 0. The fraction of sp³-hybridized carbons (Fsp3) is 0.480. The van der Waals surface area contributed by atoms with Crippen LogP contribution >= 0.6 is 0 Å². The van der Waals surface area contributed by atoms with Gasteiger partial charge in [-0.3, -0.25) is 14.3 Å². The highest BCUT2D eigenvalue weighted by molar-refractivity contribution is 5.96. The Kier molecular flexibility index (Phi) is 6.90. The number of carbonyl (C=O) groups is 1. The number of phenols is 1. The van der Waals surface area contributed by atoms with Crippen LogP contribution in [0.5, 0.6) is 11.5 Å². The Morgan fingerprint density at radius 3 is 2.71 bits per heavy atom. The Hall–Kier alpha value is -3.81. The number of benzene rings is 1. The Balaban J connectivity index is 1.41. The van der Waals surface area contributed by atoms with E-state index in [0.29, 0.717) is 30.8 Å². The van der Waals surface area contributed by atoms with E-state index in [0.717, 1.165) is 13.1 Å². The van der Waals surface area contributed by atoms with Crippen molar-refractivity contribution in [1.82, 2.24) is 24.4 Å². The number of nitrogens with zero attached hydrogens (tertiary/aromatic N) is 6. The third-order valence-electron chi connectivity index (χ3n) is 6.44. The number of rotatable bonds is 6. The summed E-state index contributed by atoms with van der Waals surface area (Å²) in [5, 5.41) is 26.0. The van der Waals surface area contributed by atoms with E-state index in [1.807, 2.05) is 13.8 Å². The Bertz CT molecular complexity index is 1410. The van der Waals surface area contributed by atoms with E-state index < -0.39 is 11.5 Å². The second-order valence-corrected chi connectivity index (χ2v) is 10.1. The van der Waals surface area contributed by atoms with E-state index in [-0.39, 0.29) is 53.0 Å². The third-order valence-corrected chi connectivity index (χ3v) is 6.44. The van der Waals surface area contributed by atoms with E-state index in [1.54, 1.807) is 23.6 Å². The highest BCUT2D eigenvalue weighted by atomic mass is 16.5. The molecule has 3 atom stereocenters. The predicted molar refractivity (Wildman–Crippen MR) is 139 cm³/mol. The summed E-state index contributed by atoms with van der Waals surface area (Å²) in [4.78, 5) is 31.2. The van der Waals surface area contributed by atoms with Gasteiger partial charge in [0.05, 0.1) is 17.8 Å². The quantitative estimate of drug-likeness (QED) is 0.354. The van der Waals surface area contributed by atoms with Crippen LogP contribution in [0.25, 0.3) is 10.9 Å². The van der Waals surface area contributed by atoms with E-state index >= 15 is 0 Å². The molecule has 0 aliphatic carbocycles.